The minimum Gasteiger partial charge on any atom is -0.347 e. The van der Waals surface area contributed by atoms with Crippen LogP contribution in [0.5, 0.6) is 0 Å². The standard InChI is InChI=1S/C11H23N3O2.ClH/c1-11(2,3)10(16)13-8-9(15)14(5)7-6-12-4;/h12H,6-8H2,1-5H3,(H,13,16);1H. The van der Waals surface area contributed by atoms with Crippen LogP contribution in [0.4, 0.5) is 0 Å². The third-order valence-electron chi connectivity index (χ3n) is 2.20. The molecule has 6 heteroatoms. The smallest absolute Gasteiger partial charge is 0.241 e. The SMILES string of the molecule is CNCCN(C)C(=O)CNC(=O)C(C)(C)C.Cl. The molecule has 0 heterocycles. The number of likely N-dealkylation sites (N-methyl/N-ethyl adjacent to an activating group) is 2. The van der Waals surface area contributed by atoms with Gasteiger partial charge >= 0.3 is 0 Å². The van der Waals surface area contributed by atoms with Crippen LogP contribution < -0.4 is 10.6 Å². The summed E-state index contributed by atoms with van der Waals surface area (Å²) in [6.07, 6.45) is 0. The number of hydrogen-bond donors (Lipinski definition) is 2. The maximum absolute atomic E-state index is 11.6. The summed E-state index contributed by atoms with van der Waals surface area (Å²) >= 11 is 0. The summed E-state index contributed by atoms with van der Waals surface area (Å²) < 4.78 is 0. The van der Waals surface area contributed by atoms with E-state index in [1.54, 1.807) is 11.9 Å². The van der Waals surface area contributed by atoms with Crippen molar-refractivity contribution in [2.75, 3.05) is 33.7 Å². The Kier molecular flexibility index (Phi) is 9.06. The zero-order chi connectivity index (χ0) is 12.8. The lowest BCUT2D eigenvalue weighted by Crippen LogP contribution is -2.43. The van der Waals surface area contributed by atoms with E-state index in [-0.39, 0.29) is 30.8 Å². The van der Waals surface area contributed by atoms with Crippen molar-refractivity contribution in [1.82, 2.24) is 15.5 Å². The van der Waals surface area contributed by atoms with Crippen molar-refractivity contribution in [3.63, 3.8) is 0 Å². The number of carbonyl (C=O) groups excluding carboxylic acids is 2. The number of hydrogen-bond acceptors (Lipinski definition) is 3. The Morgan fingerprint density at radius 1 is 1.24 bits per heavy atom. The monoisotopic (exact) mass is 265 g/mol. The van der Waals surface area contributed by atoms with Crippen molar-refractivity contribution in [3.8, 4) is 0 Å². The summed E-state index contributed by atoms with van der Waals surface area (Å²) in [6.45, 7) is 6.90. The molecule has 0 unspecified atom stereocenters. The van der Waals surface area contributed by atoms with Gasteiger partial charge in [0, 0.05) is 25.6 Å². The van der Waals surface area contributed by atoms with Gasteiger partial charge in [-0.1, -0.05) is 20.8 Å². The molecule has 0 fully saturated rings. The lowest BCUT2D eigenvalue weighted by atomic mass is 9.96. The molecular formula is C11H24ClN3O2. The van der Waals surface area contributed by atoms with Crippen molar-refractivity contribution in [3.05, 3.63) is 0 Å². The molecule has 2 N–H and O–H groups in total. The van der Waals surface area contributed by atoms with Gasteiger partial charge in [-0.05, 0) is 7.05 Å². The summed E-state index contributed by atoms with van der Waals surface area (Å²) in [6, 6.07) is 0. The van der Waals surface area contributed by atoms with Gasteiger partial charge in [-0.15, -0.1) is 12.4 Å². The van der Waals surface area contributed by atoms with Crippen LogP contribution in [0.1, 0.15) is 20.8 Å². The second-order valence-corrected chi connectivity index (χ2v) is 4.85. The molecule has 2 amide bonds. The van der Waals surface area contributed by atoms with E-state index < -0.39 is 5.41 Å². The Bertz CT molecular complexity index is 252. The first-order valence-corrected chi connectivity index (χ1v) is 5.46. The molecule has 0 saturated heterocycles. The van der Waals surface area contributed by atoms with Crippen LogP contribution in [-0.4, -0.2) is 50.4 Å². The van der Waals surface area contributed by atoms with Crippen LogP contribution in [0.25, 0.3) is 0 Å². The van der Waals surface area contributed by atoms with Crippen molar-refractivity contribution >= 4 is 24.2 Å². The molecule has 0 aromatic carbocycles. The van der Waals surface area contributed by atoms with Gasteiger partial charge in [0.15, 0.2) is 0 Å². The van der Waals surface area contributed by atoms with Gasteiger partial charge in [0.2, 0.25) is 11.8 Å². The third kappa shape index (κ3) is 7.99. The van der Waals surface area contributed by atoms with E-state index in [2.05, 4.69) is 10.6 Å². The second-order valence-electron chi connectivity index (χ2n) is 4.85. The predicted octanol–water partition coefficient (Wildman–Crippen LogP) is 0.248. The molecule has 0 bridgehead atoms. The Balaban J connectivity index is 0. The van der Waals surface area contributed by atoms with Gasteiger partial charge in [0.05, 0.1) is 6.54 Å². The lowest BCUT2D eigenvalue weighted by Gasteiger charge is -2.20. The zero-order valence-electron chi connectivity index (χ0n) is 11.3. The topological polar surface area (TPSA) is 61.4 Å². The Hall–Kier alpha value is -0.810. The molecule has 0 aliphatic heterocycles. The summed E-state index contributed by atoms with van der Waals surface area (Å²) in [4.78, 5) is 24.7. The number of nitrogens with zero attached hydrogens (tertiary/aromatic N) is 1. The molecule has 102 valence electrons. The lowest BCUT2D eigenvalue weighted by molar-refractivity contribution is -0.134. The van der Waals surface area contributed by atoms with Crippen LogP contribution in [0.2, 0.25) is 0 Å². The normalized spacial score (nSPS) is 10.4. The first kappa shape index (κ1) is 18.6. The molecule has 0 radical (unpaired) electrons. The number of carbonyl (C=O) groups is 2. The van der Waals surface area contributed by atoms with Gasteiger partial charge in [-0.3, -0.25) is 9.59 Å². The minimum atomic E-state index is -0.455. The van der Waals surface area contributed by atoms with E-state index in [1.807, 2.05) is 27.8 Å². The van der Waals surface area contributed by atoms with Crippen molar-refractivity contribution < 1.29 is 9.59 Å². The average Bonchev–Trinajstić information content (AvgIpc) is 2.20. The first-order chi connectivity index (χ1) is 7.29. The molecule has 0 rings (SSSR count). The Morgan fingerprint density at radius 3 is 2.18 bits per heavy atom. The molecule has 0 atom stereocenters. The number of amides is 2. The quantitative estimate of drug-likeness (QED) is 0.749. The van der Waals surface area contributed by atoms with Gasteiger partial charge in [-0.25, -0.2) is 0 Å². The molecule has 17 heavy (non-hydrogen) atoms. The third-order valence-corrected chi connectivity index (χ3v) is 2.20. The van der Waals surface area contributed by atoms with E-state index >= 15 is 0 Å². The van der Waals surface area contributed by atoms with Crippen molar-refractivity contribution in [2.24, 2.45) is 5.41 Å². The molecule has 0 saturated carbocycles. The van der Waals surface area contributed by atoms with E-state index in [9.17, 15) is 9.59 Å². The average molecular weight is 266 g/mol. The van der Waals surface area contributed by atoms with E-state index in [0.29, 0.717) is 6.54 Å². The van der Waals surface area contributed by atoms with Crippen molar-refractivity contribution in [1.29, 1.82) is 0 Å². The highest BCUT2D eigenvalue weighted by atomic mass is 35.5. The van der Waals surface area contributed by atoms with Gasteiger partial charge in [0.1, 0.15) is 0 Å². The fourth-order valence-corrected chi connectivity index (χ4v) is 0.960. The fourth-order valence-electron chi connectivity index (χ4n) is 0.960. The summed E-state index contributed by atoms with van der Waals surface area (Å²) in [7, 11) is 3.56. The molecular weight excluding hydrogens is 242 g/mol. The van der Waals surface area contributed by atoms with Gasteiger partial charge in [-0.2, -0.15) is 0 Å². The van der Waals surface area contributed by atoms with Crippen LogP contribution in [0.15, 0.2) is 0 Å². The molecule has 0 aromatic rings. The van der Waals surface area contributed by atoms with E-state index in [4.69, 9.17) is 0 Å². The zero-order valence-corrected chi connectivity index (χ0v) is 12.1. The van der Waals surface area contributed by atoms with Crippen LogP contribution >= 0.6 is 12.4 Å². The number of rotatable bonds is 5. The summed E-state index contributed by atoms with van der Waals surface area (Å²) in [5.41, 5.74) is -0.455. The minimum absolute atomic E-state index is 0. The summed E-state index contributed by atoms with van der Waals surface area (Å²) in [5, 5.41) is 5.59. The highest BCUT2D eigenvalue weighted by Crippen LogP contribution is 2.11. The molecule has 5 nitrogen and oxygen atoms in total. The highest BCUT2D eigenvalue weighted by molar-refractivity contribution is 5.87. The molecule has 0 spiro atoms. The largest absolute Gasteiger partial charge is 0.347 e. The summed E-state index contributed by atoms with van der Waals surface area (Å²) in [5.74, 6) is -0.185. The highest BCUT2D eigenvalue weighted by Gasteiger charge is 2.21. The first-order valence-electron chi connectivity index (χ1n) is 5.46. The second kappa shape index (κ2) is 8.31. The predicted molar refractivity (Wildman–Crippen MR) is 71.3 cm³/mol. The fraction of sp³-hybridized carbons (Fsp3) is 0.818. The van der Waals surface area contributed by atoms with Gasteiger partial charge in [0.25, 0.3) is 0 Å². The van der Waals surface area contributed by atoms with Crippen molar-refractivity contribution in [2.45, 2.75) is 20.8 Å². The maximum Gasteiger partial charge on any atom is 0.241 e. The molecule has 0 aliphatic carbocycles. The Labute approximate surface area is 110 Å². The van der Waals surface area contributed by atoms with E-state index in [1.165, 1.54) is 0 Å². The van der Waals surface area contributed by atoms with E-state index in [0.717, 1.165) is 6.54 Å². The molecule has 0 aromatic heterocycles. The maximum atomic E-state index is 11.6. The molecule has 0 aliphatic rings. The number of halogens is 1. The Morgan fingerprint density at radius 2 is 1.76 bits per heavy atom. The van der Waals surface area contributed by atoms with Gasteiger partial charge < -0.3 is 15.5 Å². The number of nitrogens with one attached hydrogen (secondary N) is 2. The van der Waals surface area contributed by atoms with Crippen LogP contribution in [0.3, 0.4) is 0 Å². The van der Waals surface area contributed by atoms with Crippen LogP contribution in [-0.2, 0) is 9.59 Å². The van der Waals surface area contributed by atoms with Crippen LogP contribution in [0, 0.1) is 5.41 Å².